The molecule has 150 valence electrons. The van der Waals surface area contributed by atoms with Gasteiger partial charge in [0.05, 0.1) is 29.3 Å². The van der Waals surface area contributed by atoms with Crippen molar-refractivity contribution in [2.24, 2.45) is 0 Å². The number of nitrogens with zero attached hydrogens (tertiary/aromatic N) is 2. The van der Waals surface area contributed by atoms with Crippen molar-refractivity contribution >= 4 is 23.0 Å². The van der Waals surface area contributed by atoms with Crippen LogP contribution < -0.4 is 10.2 Å². The Labute approximate surface area is 171 Å². The Hall–Kier alpha value is -2.55. The third kappa shape index (κ3) is 4.64. The smallest absolute Gasteiger partial charge is 0.0600 e. The molecule has 1 aromatic carbocycles. The SMILES string of the molecule is C=Cc1ccc(C(=C)C)cc1C(C)(C)N(C)c1cncc(NC(CC)CC)c1. The number of pyridine rings is 1. The number of allylic oxidation sites excluding steroid dienone is 1. The molecule has 1 heterocycles. The molecule has 0 unspecified atom stereocenters. The normalized spacial score (nSPS) is 11.4. The lowest BCUT2D eigenvalue weighted by Gasteiger charge is -2.39. The van der Waals surface area contributed by atoms with Crippen LogP contribution in [0, 0.1) is 0 Å². The first-order valence-electron chi connectivity index (χ1n) is 10.1. The minimum atomic E-state index is -0.246. The molecule has 0 atom stereocenters. The zero-order valence-electron chi connectivity index (χ0n) is 18.3. The molecular formula is C25H35N3. The second kappa shape index (κ2) is 9.09. The number of hydrogen-bond acceptors (Lipinski definition) is 3. The maximum Gasteiger partial charge on any atom is 0.0600 e. The number of anilines is 2. The molecule has 0 amide bonds. The van der Waals surface area contributed by atoms with E-state index in [4.69, 9.17) is 0 Å². The van der Waals surface area contributed by atoms with E-state index in [1.54, 1.807) is 0 Å². The molecule has 0 aliphatic rings. The summed E-state index contributed by atoms with van der Waals surface area (Å²) in [7, 11) is 2.12. The van der Waals surface area contributed by atoms with Crippen LogP contribution in [0.1, 0.15) is 64.2 Å². The molecule has 0 aliphatic carbocycles. The molecule has 0 fully saturated rings. The van der Waals surface area contributed by atoms with E-state index in [1.807, 2.05) is 25.4 Å². The van der Waals surface area contributed by atoms with Gasteiger partial charge >= 0.3 is 0 Å². The average Bonchev–Trinajstić information content (AvgIpc) is 2.70. The number of aromatic nitrogens is 1. The largest absolute Gasteiger partial charge is 0.381 e. The second-order valence-corrected chi connectivity index (χ2v) is 7.99. The Bertz CT molecular complexity index is 831. The van der Waals surface area contributed by atoms with Crippen molar-refractivity contribution in [1.82, 2.24) is 4.98 Å². The standard InChI is InChI=1S/C25H35N3/c1-9-19-12-13-20(18(4)5)14-24(19)25(6,7)28(8)23-15-22(16-26-17-23)27-21(10-2)11-3/h9,12-17,21,27H,1,4,10-11H2,2-3,5-8H3. The Morgan fingerprint density at radius 3 is 2.46 bits per heavy atom. The Balaban J connectivity index is 2.42. The molecule has 0 saturated carbocycles. The summed E-state index contributed by atoms with van der Waals surface area (Å²) < 4.78 is 0. The van der Waals surface area contributed by atoms with E-state index < -0.39 is 0 Å². The number of rotatable bonds is 9. The molecule has 28 heavy (non-hydrogen) atoms. The van der Waals surface area contributed by atoms with E-state index in [0.29, 0.717) is 6.04 Å². The van der Waals surface area contributed by atoms with Gasteiger partial charge in [0.15, 0.2) is 0 Å². The van der Waals surface area contributed by atoms with E-state index in [9.17, 15) is 0 Å². The summed E-state index contributed by atoms with van der Waals surface area (Å²) in [5.74, 6) is 0. The Morgan fingerprint density at radius 1 is 1.21 bits per heavy atom. The highest BCUT2D eigenvalue weighted by Gasteiger charge is 2.29. The van der Waals surface area contributed by atoms with Gasteiger partial charge in [0.2, 0.25) is 0 Å². The highest BCUT2D eigenvalue weighted by molar-refractivity contribution is 5.67. The fourth-order valence-electron chi connectivity index (χ4n) is 3.45. The number of benzene rings is 1. The molecule has 1 N–H and O–H groups in total. The Morgan fingerprint density at radius 2 is 1.89 bits per heavy atom. The van der Waals surface area contributed by atoms with Gasteiger partial charge in [0, 0.05) is 13.1 Å². The van der Waals surface area contributed by atoms with Crippen LogP contribution in [0.5, 0.6) is 0 Å². The summed E-state index contributed by atoms with van der Waals surface area (Å²) >= 11 is 0. The van der Waals surface area contributed by atoms with E-state index in [-0.39, 0.29) is 5.54 Å². The van der Waals surface area contributed by atoms with Crippen LogP contribution in [0.2, 0.25) is 0 Å². The van der Waals surface area contributed by atoms with Crippen molar-refractivity contribution in [3.05, 3.63) is 66.5 Å². The lowest BCUT2D eigenvalue weighted by Crippen LogP contribution is -2.39. The first kappa shape index (κ1) is 21.7. The van der Waals surface area contributed by atoms with Gasteiger partial charge in [0.1, 0.15) is 0 Å². The summed E-state index contributed by atoms with van der Waals surface area (Å²) in [6.45, 7) is 19.0. The molecule has 0 aliphatic heterocycles. The summed E-state index contributed by atoms with van der Waals surface area (Å²) in [6, 6.07) is 9.13. The van der Waals surface area contributed by atoms with Crippen LogP contribution in [0.3, 0.4) is 0 Å². The molecule has 3 nitrogen and oxygen atoms in total. The topological polar surface area (TPSA) is 28.2 Å². The number of hydrogen-bond donors (Lipinski definition) is 1. The van der Waals surface area contributed by atoms with E-state index in [2.05, 4.69) is 87.4 Å². The molecule has 2 rings (SSSR count). The first-order valence-corrected chi connectivity index (χ1v) is 10.1. The minimum absolute atomic E-state index is 0.246. The van der Waals surface area contributed by atoms with Gasteiger partial charge in [0.25, 0.3) is 0 Å². The van der Waals surface area contributed by atoms with Crippen molar-refractivity contribution in [2.45, 2.75) is 59.0 Å². The first-order chi connectivity index (χ1) is 13.2. The van der Waals surface area contributed by atoms with E-state index >= 15 is 0 Å². The van der Waals surface area contributed by atoms with Gasteiger partial charge < -0.3 is 10.2 Å². The van der Waals surface area contributed by atoms with Crippen molar-refractivity contribution in [3.8, 4) is 0 Å². The van der Waals surface area contributed by atoms with Crippen molar-refractivity contribution < 1.29 is 0 Å². The van der Waals surface area contributed by atoms with Crippen LogP contribution >= 0.6 is 0 Å². The van der Waals surface area contributed by atoms with Crippen LogP contribution in [-0.4, -0.2) is 18.1 Å². The summed E-state index contributed by atoms with van der Waals surface area (Å²) in [5, 5.41) is 3.59. The molecule has 0 bridgehead atoms. The molecule has 0 spiro atoms. The van der Waals surface area contributed by atoms with Crippen LogP contribution in [0.4, 0.5) is 11.4 Å². The maximum atomic E-state index is 4.48. The molecule has 3 heteroatoms. The molecule has 0 radical (unpaired) electrons. The van der Waals surface area contributed by atoms with Gasteiger partial charge in [-0.25, -0.2) is 0 Å². The van der Waals surface area contributed by atoms with Crippen molar-refractivity contribution in [3.63, 3.8) is 0 Å². The summed E-state index contributed by atoms with van der Waals surface area (Å²) in [5.41, 5.74) is 6.48. The molecular weight excluding hydrogens is 342 g/mol. The van der Waals surface area contributed by atoms with Gasteiger partial charge in [-0.3, -0.25) is 4.98 Å². The second-order valence-electron chi connectivity index (χ2n) is 7.99. The number of nitrogens with one attached hydrogen (secondary N) is 1. The molecule has 1 aromatic heterocycles. The highest BCUT2D eigenvalue weighted by atomic mass is 15.2. The van der Waals surface area contributed by atoms with Crippen molar-refractivity contribution in [1.29, 1.82) is 0 Å². The predicted octanol–water partition coefficient (Wildman–Crippen LogP) is 6.73. The fourth-order valence-corrected chi connectivity index (χ4v) is 3.45. The van der Waals surface area contributed by atoms with Gasteiger partial charge in [-0.1, -0.05) is 50.8 Å². The maximum absolute atomic E-state index is 4.48. The third-order valence-electron chi connectivity index (χ3n) is 5.73. The van der Waals surface area contributed by atoms with Crippen LogP contribution in [-0.2, 0) is 5.54 Å². The average molecular weight is 378 g/mol. The predicted molar refractivity (Wildman–Crippen MR) is 125 cm³/mol. The van der Waals surface area contributed by atoms with Crippen LogP contribution in [0.25, 0.3) is 11.6 Å². The lowest BCUT2D eigenvalue weighted by atomic mass is 9.86. The molecule has 0 saturated heterocycles. The van der Waals surface area contributed by atoms with Crippen LogP contribution in [0.15, 0.2) is 49.8 Å². The molecule has 2 aromatic rings. The zero-order valence-corrected chi connectivity index (χ0v) is 18.3. The third-order valence-corrected chi connectivity index (χ3v) is 5.73. The Kier molecular flexibility index (Phi) is 7.06. The van der Waals surface area contributed by atoms with Gasteiger partial charge in [-0.2, -0.15) is 0 Å². The van der Waals surface area contributed by atoms with Gasteiger partial charge in [-0.05, 0) is 62.4 Å². The lowest BCUT2D eigenvalue weighted by molar-refractivity contribution is 0.513. The van der Waals surface area contributed by atoms with Gasteiger partial charge in [-0.15, -0.1) is 0 Å². The minimum Gasteiger partial charge on any atom is -0.381 e. The summed E-state index contributed by atoms with van der Waals surface area (Å²) in [4.78, 5) is 6.76. The summed E-state index contributed by atoms with van der Waals surface area (Å²) in [6.07, 6.45) is 7.95. The highest BCUT2D eigenvalue weighted by Crippen LogP contribution is 2.35. The van der Waals surface area contributed by atoms with Crippen molar-refractivity contribution in [2.75, 3.05) is 17.3 Å². The quantitative estimate of drug-likeness (QED) is 0.525. The zero-order chi connectivity index (χ0) is 20.9. The van der Waals surface area contributed by atoms with E-state index in [0.717, 1.165) is 40.9 Å². The monoisotopic (exact) mass is 377 g/mol. The fraction of sp³-hybridized carbons (Fsp3) is 0.400. The van der Waals surface area contributed by atoms with E-state index in [1.165, 1.54) is 5.56 Å².